The maximum atomic E-state index is 10.9. The Labute approximate surface area is 81.5 Å². The van der Waals surface area contributed by atoms with E-state index in [0.717, 1.165) is 5.82 Å². The van der Waals surface area contributed by atoms with Gasteiger partial charge in [-0.2, -0.15) is 0 Å². The summed E-state index contributed by atoms with van der Waals surface area (Å²) in [5.74, 6) is 0.742. The average Bonchev–Trinajstić information content (AvgIpc) is 2.58. The Morgan fingerprint density at radius 1 is 1.79 bits per heavy atom. The van der Waals surface area contributed by atoms with Crippen LogP contribution in [0.25, 0.3) is 0 Å². The average molecular weight is 199 g/mol. The van der Waals surface area contributed by atoms with E-state index < -0.39 is 6.09 Å². The molecule has 0 fully saturated rings. The maximum absolute atomic E-state index is 10.9. The van der Waals surface area contributed by atoms with Gasteiger partial charge in [-0.05, 0) is 0 Å². The number of hydrogen-bond donors (Lipinski definition) is 2. The number of aliphatic hydroxyl groups excluding tert-OH is 1. The van der Waals surface area contributed by atoms with Gasteiger partial charge in [0, 0.05) is 19.4 Å². The number of carbonyl (C=O) groups is 1. The van der Waals surface area contributed by atoms with E-state index in [1.807, 2.05) is 7.05 Å². The van der Waals surface area contributed by atoms with E-state index in [1.54, 1.807) is 17.0 Å². The Kier molecular flexibility index (Phi) is 3.93. The SMILES string of the molecule is Cn1ccnc1CNC(=O)OCCO. The topological polar surface area (TPSA) is 76.4 Å². The lowest BCUT2D eigenvalue weighted by Gasteiger charge is -2.05. The fourth-order valence-electron chi connectivity index (χ4n) is 0.907. The van der Waals surface area contributed by atoms with Gasteiger partial charge in [0.25, 0.3) is 0 Å². The van der Waals surface area contributed by atoms with Crippen molar-refractivity contribution in [1.82, 2.24) is 14.9 Å². The lowest BCUT2D eigenvalue weighted by Crippen LogP contribution is -2.26. The van der Waals surface area contributed by atoms with Crippen LogP contribution in [0.1, 0.15) is 5.82 Å². The molecule has 6 nitrogen and oxygen atoms in total. The number of rotatable bonds is 4. The van der Waals surface area contributed by atoms with Crippen LogP contribution >= 0.6 is 0 Å². The second-order valence-corrected chi connectivity index (χ2v) is 2.67. The van der Waals surface area contributed by atoms with E-state index in [2.05, 4.69) is 15.0 Å². The highest BCUT2D eigenvalue weighted by Crippen LogP contribution is 1.92. The molecule has 0 bridgehead atoms. The highest BCUT2D eigenvalue weighted by atomic mass is 16.6. The van der Waals surface area contributed by atoms with Crippen molar-refractivity contribution in [3.63, 3.8) is 0 Å². The van der Waals surface area contributed by atoms with Crippen LogP contribution in [0.4, 0.5) is 4.79 Å². The van der Waals surface area contributed by atoms with Crippen LogP contribution in [0.15, 0.2) is 12.4 Å². The summed E-state index contributed by atoms with van der Waals surface area (Å²) in [5.41, 5.74) is 0. The quantitative estimate of drug-likeness (QED) is 0.694. The van der Waals surface area contributed by atoms with Crippen molar-refractivity contribution in [3.05, 3.63) is 18.2 Å². The number of alkyl carbamates (subject to hydrolysis) is 1. The van der Waals surface area contributed by atoms with Crippen LogP contribution in [-0.4, -0.2) is 34.0 Å². The van der Waals surface area contributed by atoms with E-state index in [9.17, 15) is 4.79 Å². The molecule has 0 saturated carbocycles. The van der Waals surface area contributed by atoms with Crippen molar-refractivity contribution < 1.29 is 14.6 Å². The summed E-state index contributed by atoms with van der Waals surface area (Å²) in [6.45, 7) is 0.149. The van der Waals surface area contributed by atoms with Gasteiger partial charge in [0.15, 0.2) is 0 Å². The van der Waals surface area contributed by atoms with E-state index in [4.69, 9.17) is 5.11 Å². The molecule has 0 saturated heterocycles. The number of aromatic nitrogens is 2. The highest BCUT2D eigenvalue weighted by Gasteiger charge is 2.03. The van der Waals surface area contributed by atoms with Crippen LogP contribution in [0.2, 0.25) is 0 Å². The summed E-state index contributed by atoms with van der Waals surface area (Å²) in [7, 11) is 1.84. The first-order valence-electron chi connectivity index (χ1n) is 4.21. The van der Waals surface area contributed by atoms with Gasteiger partial charge in [0.2, 0.25) is 0 Å². The third kappa shape index (κ3) is 3.06. The Morgan fingerprint density at radius 2 is 2.57 bits per heavy atom. The molecular weight excluding hydrogens is 186 g/mol. The zero-order chi connectivity index (χ0) is 10.4. The first-order valence-corrected chi connectivity index (χ1v) is 4.21. The van der Waals surface area contributed by atoms with Crippen molar-refractivity contribution >= 4 is 6.09 Å². The Hall–Kier alpha value is -1.56. The number of amides is 1. The van der Waals surface area contributed by atoms with Crippen LogP contribution < -0.4 is 5.32 Å². The smallest absolute Gasteiger partial charge is 0.407 e. The summed E-state index contributed by atoms with van der Waals surface area (Å²) in [5, 5.41) is 10.9. The molecule has 0 aliphatic heterocycles. The number of aryl methyl sites for hydroxylation is 1. The molecule has 1 heterocycles. The Balaban J connectivity index is 2.27. The van der Waals surface area contributed by atoms with Gasteiger partial charge in [0.1, 0.15) is 12.4 Å². The molecule has 78 valence electrons. The molecule has 6 heteroatoms. The molecule has 1 aromatic rings. The standard InChI is InChI=1S/C8H13N3O3/c1-11-3-2-9-7(11)6-10-8(13)14-5-4-12/h2-3,12H,4-6H2,1H3,(H,10,13). The molecule has 1 amide bonds. The van der Waals surface area contributed by atoms with Gasteiger partial charge in [-0.3, -0.25) is 0 Å². The monoisotopic (exact) mass is 199 g/mol. The van der Waals surface area contributed by atoms with Crippen LogP contribution in [0.5, 0.6) is 0 Å². The number of carbonyl (C=O) groups excluding carboxylic acids is 1. The predicted octanol–water partition coefficient (Wildman–Crippen LogP) is -0.361. The van der Waals surface area contributed by atoms with E-state index in [0.29, 0.717) is 6.54 Å². The van der Waals surface area contributed by atoms with Gasteiger partial charge in [-0.15, -0.1) is 0 Å². The minimum Gasteiger partial charge on any atom is -0.447 e. The summed E-state index contributed by atoms with van der Waals surface area (Å²) in [4.78, 5) is 14.9. The van der Waals surface area contributed by atoms with Crippen molar-refractivity contribution in [3.8, 4) is 0 Å². The van der Waals surface area contributed by atoms with E-state index in [1.165, 1.54) is 0 Å². The lowest BCUT2D eigenvalue weighted by molar-refractivity contribution is 0.118. The molecule has 0 spiro atoms. The van der Waals surface area contributed by atoms with Gasteiger partial charge < -0.3 is 19.7 Å². The molecular formula is C8H13N3O3. The molecule has 1 aromatic heterocycles. The molecule has 0 radical (unpaired) electrons. The fraction of sp³-hybridized carbons (Fsp3) is 0.500. The second-order valence-electron chi connectivity index (χ2n) is 2.67. The zero-order valence-electron chi connectivity index (χ0n) is 7.93. The summed E-state index contributed by atoms with van der Waals surface area (Å²) in [6.07, 6.45) is 2.88. The van der Waals surface area contributed by atoms with Crippen molar-refractivity contribution in [2.75, 3.05) is 13.2 Å². The summed E-state index contributed by atoms with van der Waals surface area (Å²) >= 11 is 0. The summed E-state index contributed by atoms with van der Waals surface area (Å²) in [6, 6.07) is 0. The zero-order valence-corrected chi connectivity index (χ0v) is 7.93. The van der Waals surface area contributed by atoms with Gasteiger partial charge in [-0.1, -0.05) is 0 Å². The van der Waals surface area contributed by atoms with E-state index >= 15 is 0 Å². The molecule has 0 unspecified atom stereocenters. The number of imidazole rings is 1. The number of nitrogens with zero attached hydrogens (tertiary/aromatic N) is 2. The number of aliphatic hydroxyl groups is 1. The van der Waals surface area contributed by atoms with Gasteiger partial charge in [-0.25, -0.2) is 9.78 Å². The van der Waals surface area contributed by atoms with E-state index in [-0.39, 0.29) is 13.2 Å². The van der Waals surface area contributed by atoms with Crippen LogP contribution in [0, 0.1) is 0 Å². The predicted molar refractivity (Wildman–Crippen MR) is 48.5 cm³/mol. The Bertz CT molecular complexity index is 298. The molecule has 1 rings (SSSR count). The minimum atomic E-state index is -0.554. The van der Waals surface area contributed by atoms with Crippen molar-refractivity contribution in [2.45, 2.75) is 6.54 Å². The lowest BCUT2D eigenvalue weighted by atomic mass is 10.6. The molecule has 0 aliphatic rings. The molecule has 0 aliphatic carbocycles. The van der Waals surface area contributed by atoms with Crippen molar-refractivity contribution in [2.24, 2.45) is 7.05 Å². The summed E-state index contributed by atoms with van der Waals surface area (Å²) < 4.78 is 6.39. The van der Waals surface area contributed by atoms with Gasteiger partial charge >= 0.3 is 6.09 Å². The first-order chi connectivity index (χ1) is 6.74. The normalized spacial score (nSPS) is 9.86. The third-order valence-electron chi connectivity index (χ3n) is 1.64. The minimum absolute atomic E-state index is 0.00635. The Morgan fingerprint density at radius 3 is 3.14 bits per heavy atom. The van der Waals surface area contributed by atoms with Crippen LogP contribution in [0.3, 0.4) is 0 Å². The second kappa shape index (κ2) is 5.23. The van der Waals surface area contributed by atoms with Gasteiger partial charge in [0.05, 0.1) is 13.2 Å². The fourth-order valence-corrected chi connectivity index (χ4v) is 0.907. The molecule has 14 heavy (non-hydrogen) atoms. The largest absolute Gasteiger partial charge is 0.447 e. The van der Waals surface area contributed by atoms with Crippen LogP contribution in [-0.2, 0) is 18.3 Å². The number of nitrogens with one attached hydrogen (secondary N) is 1. The maximum Gasteiger partial charge on any atom is 0.407 e. The molecule has 2 N–H and O–H groups in total. The number of ether oxygens (including phenoxy) is 1. The third-order valence-corrected chi connectivity index (χ3v) is 1.64. The molecule has 0 atom stereocenters. The van der Waals surface area contributed by atoms with Crippen molar-refractivity contribution in [1.29, 1.82) is 0 Å². The number of hydrogen-bond acceptors (Lipinski definition) is 4. The highest BCUT2D eigenvalue weighted by molar-refractivity contribution is 5.66. The first kappa shape index (κ1) is 10.5. The molecule has 0 aromatic carbocycles.